The van der Waals surface area contributed by atoms with Crippen molar-refractivity contribution in [1.29, 1.82) is 0 Å². The lowest BCUT2D eigenvalue weighted by Gasteiger charge is -2.45. The number of aryl methyl sites for hydroxylation is 3. The molecule has 10 aromatic rings. The Morgan fingerprint density at radius 2 is 0.853 bits per heavy atom. The molecule has 14 rings (SSSR count). The highest BCUT2D eigenvalue weighted by Crippen LogP contribution is 2.64. The second kappa shape index (κ2) is 14.6. The topological polar surface area (TPSA) is 9.72 Å². The molecule has 68 heavy (non-hydrogen) atoms. The van der Waals surface area contributed by atoms with Gasteiger partial charge in [0.2, 0.25) is 0 Å². The Kier molecular flexibility index (Phi) is 8.34. The number of para-hydroxylation sites is 3. The fourth-order valence-corrected chi connectivity index (χ4v) is 12.4. The lowest BCUT2D eigenvalue weighted by atomic mass is 9.33. The summed E-state index contributed by atoms with van der Waals surface area (Å²) in [5, 5.41) is 0. The molecule has 0 radical (unpaired) electrons. The number of anilines is 9. The van der Waals surface area contributed by atoms with E-state index in [9.17, 15) is 0 Å². The van der Waals surface area contributed by atoms with E-state index >= 15 is 0 Å². The Balaban J connectivity index is 1.06. The van der Waals surface area contributed by atoms with Crippen LogP contribution in [0, 0.1) is 20.8 Å². The predicted molar refractivity (Wildman–Crippen MR) is 286 cm³/mol. The standard InChI is InChI=1S/C64H46BN3/c1-41-27-30-47(31-28-41)67-59-34-29-42(2)35-57(59)65-58-39-52-50-24-14-16-26-54(50)64(56(52)40-60(58)68(46-21-11-6-12-22-46)62-37-43(3)36-61(67)63(62)65)53-25-15-13-23-49(53)51-38-48(32-33-55(51)64)66(44-17-7-4-8-18-44)45-19-9-5-10-20-45/h4-40H,1-3H3. The molecule has 2 aliphatic heterocycles. The lowest BCUT2D eigenvalue weighted by molar-refractivity contribution is 0.794. The molecule has 2 aliphatic carbocycles. The molecule has 0 N–H and O–H groups in total. The van der Waals surface area contributed by atoms with Crippen molar-refractivity contribution >= 4 is 74.3 Å². The number of hydrogen-bond donors (Lipinski definition) is 0. The van der Waals surface area contributed by atoms with Crippen molar-refractivity contribution in [2.45, 2.75) is 26.2 Å². The first-order valence-corrected chi connectivity index (χ1v) is 23.9. The van der Waals surface area contributed by atoms with Gasteiger partial charge in [0, 0.05) is 51.2 Å². The fourth-order valence-electron chi connectivity index (χ4n) is 12.4. The van der Waals surface area contributed by atoms with Crippen LogP contribution in [0.4, 0.5) is 51.2 Å². The average molecular weight is 868 g/mol. The largest absolute Gasteiger partial charge is 0.311 e. The van der Waals surface area contributed by atoms with E-state index in [1.54, 1.807) is 0 Å². The van der Waals surface area contributed by atoms with Gasteiger partial charge in [-0.15, -0.1) is 0 Å². The van der Waals surface area contributed by atoms with E-state index in [0.717, 1.165) is 22.7 Å². The maximum Gasteiger partial charge on any atom is 0.252 e. The van der Waals surface area contributed by atoms with Crippen LogP contribution < -0.4 is 31.1 Å². The molecule has 4 heteroatoms. The summed E-state index contributed by atoms with van der Waals surface area (Å²) in [6.45, 7) is 6.68. The van der Waals surface area contributed by atoms with Crippen LogP contribution in [-0.4, -0.2) is 6.71 Å². The highest BCUT2D eigenvalue weighted by Gasteiger charge is 2.53. The van der Waals surface area contributed by atoms with E-state index in [2.05, 4.69) is 260 Å². The zero-order chi connectivity index (χ0) is 45.3. The zero-order valence-electron chi connectivity index (χ0n) is 38.3. The molecule has 1 atom stereocenters. The minimum absolute atomic E-state index is 0.00818. The van der Waals surface area contributed by atoms with Crippen LogP contribution in [0.2, 0.25) is 0 Å². The molecule has 1 spiro atoms. The Morgan fingerprint density at radius 3 is 1.50 bits per heavy atom. The Labute approximate surface area is 398 Å². The van der Waals surface area contributed by atoms with Gasteiger partial charge in [0.05, 0.1) is 5.41 Å². The molecule has 1 unspecified atom stereocenters. The van der Waals surface area contributed by atoms with Crippen molar-refractivity contribution < 1.29 is 0 Å². The molecule has 0 fully saturated rings. The van der Waals surface area contributed by atoms with E-state index in [-0.39, 0.29) is 6.71 Å². The van der Waals surface area contributed by atoms with Crippen LogP contribution in [0.25, 0.3) is 22.3 Å². The quantitative estimate of drug-likeness (QED) is 0.160. The first-order chi connectivity index (χ1) is 33.5. The van der Waals surface area contributed by atoms with Gasteiger partial charge in [0.1, 0.15) is 0 Å². The van der Waals surface area contributed by atoms with Crippen LogP contribution in [0.1, 0.15) is 38.9 Å². The van der Waals surface area contributed by atoms with Crippen molar-refractivity contribution in [3.8, 4) is 22.3 Å². The predicted octanol–water partition coefficient (Wildman–Crippen LogP) is 14.5. The number of rotatable bonds is 5. The summed E-state index contributed by atoms with van der Waals surface area (Å²) in [6, 6.07) is 84.4. The monoisotopic (exact) mass is 867 g/mol. The first kappa shape index (κ1) is 38.9. The highest BCUT2D eigenvalue weighted by molar-refractivity contribution is 7.00. The van der Waals surface area contributed by atoms with Gasteiger partial charge >= 0.3 is 0 Å². The summed E-state index contributed by atoms with van der Waals surface area (Å²) in [5.74, 6) is 0. The van der Waals surface area contributed by atoms with E-state index in [1.165, 1.54) is 106 Å². The van der Waals surface area contributed by atoms with Crippen LogP contribution in [0.5, 0.6) is 0 Å². The molecule has 2 heterocycles. The van der Waals surface area contributed by atoms with E-state index in [4.69, 9.17) is 0 Å². The maximum atomic E-state index is 2.60. The third-order valence-electron chi connectivity index (χ3n) is 15.2. The molecule has 320 valence electrons. The van der Waals surface area contributed by atoms with E-state index in [0.29, 0.717) is 0 Å². The smallest absolute Gasteiger partial charge is 0.252 e. The molecule has 0 saturated heterocycles. The summed E-state index contributed by atoms with van der Waals surface area (Å²) in [4.78, 5) is 7.47. The number of benzene rings is 10. The molecule has 0 aromatic heterocycles. The van der Waals surface area contributed by atoms with Gasteiger partial charge in [0.15, 0.2) is 0 Å². The van der Waals surface area contributed by atoms with Crippen LogP contribution in [0.15, 0.2) is 224 Å². The molecule has 0 bridgehead atoms. The van der Waals surface area contributed by atoms with Gasteiger partial charge in [-0.05, 0) is 172 Å². The van der Waals surface area contributed by atoms with Crippen LogP contribution in [0.3, 0.4) is 0 Å². The molecule has 4 aliphatic rings. The highest BCUT2D eigenvalue weighted by atomic mass is 15.2. The Bertz CT molecular complexity index is 3640. The third-order valence-corrected chi connectivity index (χ3v) is 15.2. The molecule has 3 nitrogen and oxygen atoms in total. The summed E-state index contributed by atoms with van der Waals surface area (Å²) >= 11 is 0. The SMILES string of the molecule is Cc1ccc(N2c3ccc(C)cc3B3c4cc5c(cc4N(c4ccccc4)c4cc(C)cc2c43)C2(c3ccccc3-c3cc(N(c4ccccc4)c4ccccc4)ccc32)c2ccccc2-5)cc1. The summed E-state index contributed by atoms with van der Waals surface area (Å²) in [6.07, 6.45) is 0. The number of hydrogen-bond acceptors (Lipinski definition) is 3. The van der Waals surface area contributed by atoms with E-state index < -0.39 is 5.41 Å². The molecule has 0 amide bonds. The minimum atomic E-state index is -0.542. The average Bonchev–Trinajstić information content (AvgIpc) is 3.83. The van der Waals surface area contributed by atoms with Gasteiger partial charge < -0.3 is 14.7 Å². The number of fused-ring (bicyclic) bond motifs is 14. The third kappa shape index (κ3) is 5.37. The molecular weight excluding hydrogens is 822 g/mol. The van der Waals surface area contributed by atoms with Gasteiger partial charge in [-0.25, -0.2) is 0 Å². The first-order valence-electron chi connectivity index (χ1n) is 23.9. The van der Waals surface area contributed by atoms with E-state index in [1.807, 2.05) is 0 Å². The van der Waals surface area contributed by atoms with Crippen molar-refractivity contribution in [2.75, 3.05) is 14.7 Å². The zero-order valence-corrected chi connectivity index (χ0v) is 38.3. The lowest BCUT2D eigenvalue weighted by Crippen LogP contribution is -2.61. The molecular formula is C64H46BN3. The normalized spacial score (nSPS) is 15.2. The van der Waals surface area contributed by atoms with Gasteiger partial charge in [0.25, 0.3) is 6.71 Å². The molecule has 0 saturated carbocycles. The van der Waals surface area contributed by atoms with Crippen molar-refractivity contribution in [3.63, 3.8) is 0 Å². The molecule has 10 aromatic carbocycles. The summed E-state index contributed by atoms with van der Waals surface area (Å²) in [7, 11) is 0. The maximum absolute atomic E-state index is 2.60. The number of nitrogens with zero attached hydrogens (tertiary/aromatic N) is 3. The van der Waals surface area contributed by atoms with Crippen molar-refractivity contribution in [1.82, 2.24) is 0 Å². The second-order valence-corrected chi connectivity index (χ2v) is 19.1. The van der Waals surface area contributed by atoms with Gasteiger partial charge in [-0.3, -0.25) is 0 Å². The van der Waals surface area contributed by atoms with Crippen LogP contribution in [-0.2, 0) is 5.41 Å². The fraction of sp³-hybridized carbons (Fsp3) is 0.0625. The van der Waals surface area contributed by atoms with Crippen molar-refractivity contribution in [2.24, 2.45) is 0 Å². The Morgan fingerprint density at radius 1 is 0.338 bits per heavy atom. The second-order valence-electron chi connectivity index (χ2n) is 19.1. The van der Waals surface area contributed by atoms with Gasteiger partial charge in [-0.2, -0.15) is 0 Å². The summed E-state index contributed by atoms with van der Waals surface area (Å²) < 4.78 is 0. The van der Waals surface area contributed by atoms with Crippen LogP contribution >= 0.6 is 0 Å². The minimum Gasteiger partial charge on any atom is -0.311 e. The van der Waals surface area contributed by atoms with Gasteiger partial charge in [-0.1, -0.05) is 151 Å². The Hall–Kier alpha value is -8.34. The van der Waals surface area contributed by atoms with Crippen molar-refractivity contribution in [3.05, 3.63) is 263 Å². The summed E-state index contributed by atoms with van der Waals surface area (Å²) in [5.41, 5.74) is 28.4.